The van der Waals surface area contributed by atoms with E-state index in [2.05, 4.69) is 0 Å². The summed E-state index contributed by atoms with van der Waals surface area (Å²) < 4.78 is 14.2. The van der Waals surface area contributed by atoms with E-state index < -0.39 is 9.53 Å². The molecule has 0 aromatic rings. The van der Waals surface area contributed by atoms with Gasteiger partial charge in [-0.1, -0.05) is 0 Å². The molecule has 0 heterocycles. The molecule has 1 aliphatic carbocycles. The van der Waals surface area contributed by atoms with E-state index >= 15 is 0 Å². The summed E-state index contributed by atoms with van der Waals surface area (Å²) in [5, 5.41) is 17.6. The number of rotatable bonds is 5. The molecular formula is C11H26O5Si. The molecule has 0 bridgehead atoms. The lowest BCUT2D eigenvalue weighted by atomic mass is 9.83. The van der Waals surface area contributed by atoms with Gasteiger partial charge in [0.15, 0.2) is 0 Å². The highest BCUT2D eigenvalue weighted by Gasteiger charge is 2.19. The minimum atomic E-state index is -1.67. The third kappa shape index (κ3) is 7.85. The summed E-state index contributed by atoms with van der Waals surface area (Å²) in [5.41, 5.74) is 0. The summed E-state index contributed by atoms with van der Waals surface area (Å²) in [7, 11) is 3.05. The SMILES string of the molecule is CO[SiH](OC)OC.OCC1CCC(CO)CC1. The maximum absolute atomic E-state index is 8.79. The van der Waals surface area contributed by atoms with Crippen LogP contribution in [0.5, 0.6) is 0 Å². The molecule has 104 valence electrons. The summed E-state index contributed by atoms with van der Waals surface area (Å²) >= 11 is 0. The Labute approximate surface area is 106 Å². The molecule has 1 rings (SSSR count). The summed E-state index contributed by atoms with van der Waals surface area (Å²) in [6.07, 6.45) is 4.40. The Kier molecular flexibility index (Phi) is 11.1. The summed E-state index contributed by atoms with van der Waals surface area (Å²) in [4.78, 5) is 0. The molecule has 0 aromatic heterocycles. The van der Waals surface area contributed by atoms with Crippen molar-refractivity contribution in [3.63, 3.8) is 0 Å². The number of hydrogen-bond donors (Lipinski definition) is 2. The molecular weight excluding hydrogens is 240 g/mol. The standard InChI is InChI=1S/C8H16O2.C3H10O3Si/c9-5-7-1-2-8(6-10)4-3-7;1-4-7(5-2)6-3/h7-10H,1-6H2;7H,1-3H3. The molecule has 0 atom stereocenters. The van der Waals surface area contributed by atoms with Crippen LogP contribution in [0.25, 0.3) is 0 Å². The molecule has 6 heteroatoms. The molecule has 0 unspecified atom stereocenters. The lowest BCUT2D eigenvalue weighted by Gasteiger charge is -2.25. The van der Waals surface area contributed by atoms with Gasteiger partial charge in [-0.15, -0.1) is 0 Å². The average molecular weight is 266 g/mol. The fourth-order valence-electron chi connectivity index (χ4n) is 1.89. The molecule has 0 spiro atoms. The molecule has 0 saturated heterocycles. The van der Waals surface area contributed by atoms with E-state index in [1.54, 1.807) is 21.3 Å². The predicted octanol–water partition coefficient (Wildman–Crippen LogP) is 0.420. The van der Waals surface area contributed by atoms with E-state index in [0.717, 1.165) is 25.7 Å². The third-order valence-electron chi connectivity index (χ3n) is 3.06. The fourth-order valence-corrected chi connectivity index (χ4v) is 2.46. The first-order valence-electron chi connectivity index (χ1n) is 6.01. The van der Waals surface area contributed by atoms with Crippen LogP contribution in [-0.4, -0.2) is 54.3 Å². The van der Waals surface area contributed by atoms with Gasteiger partial charge in [0.25, 0.3) is 0 Å². The van der Waals surface area contributed by atoms with Gasteiger partial charge in [-0.3, -0.25) is 0 Å². The van der Waals surface area contributed by atoms with Crippen LogP contribution in [0.4, 0.5) is 0 Å². The molecule has 17 heavy (non-hydrogen) atoms. The smallest absolute Gasteiger partial charge is 0.396 e. The lowest BCUT2D eigenvalue weighted by Crippen LogP contribution is -2.21. The highest BCUT2D eigenvalue weighted by molar-refractivity contribution is 6.36. The van der Waals surface area contributed by atoms with Gasteiger partial charge in [0, 0.05) is 34.5 Å². The monoisotopic (exact) mass is 266 g/mol. The Hall–Kier alpha value is 0.0169. The van der Waals surface area contributed by atoms with E-state index in [9.17, 15) is 0 Å². The minimum Gasteiger partial charge on any atom is -0.396 e. The van der Waals surface area contributed by atoms with E-state index in [0.29, 0.717) is 25.0 Å². The van der Waals surface area contributed by atoms with Gasteiger partial charge < -0.3 is 23.5 Å². The third-order valence-corrected chi connectivity index (χ3v) is 4.21. The first-order chi connectivity index (χ1) is 8.21. The quantitative estimate of drug-likeness (QED) is 0.706. The van der Waals surface area contributed by atoms with Crippen molar-refractivity contribution in [3.8, 4) is 0 Å². The van der Waals surface area contributed by atoms with E-state index in [-0.39, 0.29) is 0 Å². The number of aliphatic hydroxyl groups is 2. The Morgan fingerprint density at radius 2 is 1.12 bits per heavy atom. The zero-order valence-corrected chi connectivity index (χ0v) is 12.2. The van der Waals surface area contributed by atoms with E-state index in [1.165, 1.54) is 0 Å². The molecule has 5 nitrogen and oxygen atoms in total. The van der Waals surface area contributed by atoms with Crippen molar-refractivity contribution in [2.75, 3.05) is 34.5 Å². The van der Waals surface area contributed by atoms with E-state index in [1.807, 2.05) is 0 Å². The Morgan fingerprint density at radius 3 is 1.24 bits per heavy atom. The van der Waals surface area contributed by atoms with Gasteiger partial charge in [0.2, 0.25) is 0 Å². The van der Waals surface area contributed by atoms with Gasteiger partial charge in [-0.05, 0) is 37.5 Å². The highest BCUT2D eigenvalue weighted by atomic mass is 28.3. The van der Waals surface area contributed by atoms with Gasteiger partial charge >= 0.3 is 9.53 Å². The molecule has 1 saturated carbocycles. The first kappa shape index (κ1) is 17.0. The topological polar surface area (TPSA) is 68.2 Å². The van der Waals surface area contributed by atoms with Crippen molar-refractivity contribution in [3.05, 3.63) is 0 Å². The normalized spacial score (nSPS) is 24.4. The zero-order valence-electron chi connectivity index (χ0n) is 11.1. The predicted molar refractivity (Wildman–Crippen MR) is 67.8 cm³/mol. The minimum absolute atomic E-state index is 0.331. The Balaban J connectivity index is 0.000000325. The molecule has 1 fully saturated rings. The Bertz CT molecular complexity index is 140. The Morgan fingerprint density at radius 1 is 0.824 bits per heavy atom. The second-order valence-corrected chi connectivity index (χ2v) is 6.24. The maximum Gasteiger partial charge on any atom is 0.483 e. The van der Waals surface area contributed by atoms with Crippen LogP contribution in [0, 0.1) is 11.8 Å². The van der Waals surface area contributed by atoms with Crippen LogP contribution in [0.1, 0.15) is 25.7 Å². The van der Waals surface area contributed by atoms with Crippen LogP contribution in [0.2, 0.25) is 0 Å². The first-order valence-corrected chi connectivity index (χ1v) is 7.43. The van der Waals surface area contributed by atoms with Crippen molar-refractivity contribution < 1.29 is 23.5 Å². The molecule has 0 amide bonds. The second kappa shape index (κ2) is 11.1. The second-order valence-electron chi connectivity index (χ2n) is 4.25. The van der Waals surface area contributed by atoms with Gasteiger partial charge in [-0.25, -0.2) is 0 Å². The lowest BCUT2D eigenvalue weighted by molar-refractivity contribution is 0.131. The van der Waals surface area contributed by atoms with Crippen molar-refractivity contribution in [1.82, 2.24) is 0 Å². The van der Waals surface area contributed by atoms with Gasteiger partial charge in [-0.2, -0.15) is 0 Å². The summed E-state index contributed by atoms with van der Waals surface area (Å²) in [5.74, 6) is 1.03. The molecule has 1 aliphatic rings. The molecule has 0 aliphatic heterocycles. The van der Waals surface area contributed by atoms with Crippen LogP contribution in [-0.2, 0) is 13.3 Å². The summed E-state index contributed by atoms with van der Waals surface area (Å²) in [6, 6.07) is 0. The molecule has 0 aromatic carbocycles. The number of aliphatic hydroxyl groups excluding tert-OH is 2. The van der Waals surface area contributed by atoms with E-state index in [4.69, 9.17) is 23.5 Å². The molecule has 0 radical (unpaired) electrons. The number of hydrogen-bond acceptors (Lipinski definition) is 5. The van der Waals surface area contributed by atoms with Crippen molar-refractivity contribution in [2.45, 2.75) is 25.7 Å². The van der Waals surface area contributed by atoms with Gasteiger partial charge in [0.05, 0.1) is 0 Å². The van der Waals surface area contributed by atoms with Crippen LogP contribution in [0.15, 0.2) is 0 Å². The fraction of sp³-hybridized carbons (Fsp3) is 1.00. The zero-order chi connectivity index (χ0) is 13.1. The van der Waals surface area contributed by atoms with Crippen LogP contribution >= 0.6 is 0 Å². The molecule has 2 N–H and O–H groups in total. The average Bonchev–Trinajstić information content (AvgIpc) is 2.41. The highest BCUT2D eigenvalue weighted by Crippen LogP contribution is 2.27. The maximum atomic E-state index is 8.79. The summed E-state index contributed by atoms with van der Waals surface area (Å²) in [6.45, 7) is 0.663. The van der Waals surface area contributed by atoms with Crippen LogP contribution in [0.3, 0.4) is 0 Å². The van der Waals surface area contributed by atoms with Crippen molar-refractivity contribution in [2.24, 2.45) is 11.8 Å². The van der Waals surface area contributed by atoms with Gasteiger partial charge in [0.1, 0.15) is 0 Å². The van der Waals surface area contributed by atoms with Crippen LogP contribution < -0.4 is 0 Å². The van der Waals surface area contributed by atoms with Crippen molar-refractivity contribution in [1.29, 1.82) is 0 Å². The van der Waals surface area contributed by atoms with Crippen molar-refractivity contribution >= 4 is 9.53 Å². The largest absolute Gasteiger partial charge is 0.483 e.